The number of rotatable bonds is 2. The smallest absolute Gasteiger partial charge is 0.307 e. The molecular formula is C8H18ClNO2. The highest BCUT2D eigenvalue weighted by atomic mass is 35.5. The molecule has 0 aliphatic carbocycles. The second-order valence-electron chi connectivity index (χ2n) is 3.75. The van der Waals surface area contributed by atoms with Crippen LogP contribution in [0.15, 0.2) is 0 Å². The molecule has 0 aliphatic rings. The van der Waals surface area contributed by atoms with E-state index in [2.05, 4.69) is 4.74 Å². The van der Waals surface area contributed by atoms with Crippen LogP contribution in [0.4, 0.5) is 0 Å². The number of halogens is 1. The fraction of sp³-hybridized carbons (Fsp3) is 0.875. The van der Waals surface area contributed by atoms with Crippen molar-refractivity contribution < 1.29 is 9.53 Å². The molecule has 4 heteroatoms. The molecule has 0 unspecified atom stereocenters. The first-order chi connectivity index (χ1) is 4.88. The molecule has 74 valence electrons. The molecule has 12 heavy (non-hydrogen) atoms. The maximum Gasteiger partial charge on any atom is 0.307 e. The Kier molecular flexibility index (Phi) is 6.39. The zero-order chi connectivity index (χ0) is 9.07. The molecule has 0 radical (unpaired) electrons. The van der Waals surface area contributed by atoms with Gasteiger partial charge in [-0.1, -0.05) is 20.8 Å². The lowest BCUT2D eigenvalue weighted by molar-refractivity contribution is -0.141. The van der Waals surface area contributed by atoms with Gasteiger partial charge in [-0.15, -0.1) is 12.4 Å². The molecule has 0 rings (SSSR count). The molecule has 0 aliphatic heterocycles. The Morgan fingerprint density at radius 1 is 1.50 bits per heavy atom. The molecule has 3 nitrogen and oxygen atoms in total. The van der Waals surface area contributed by atoms with Crippen LogP contribution in [0, 0.1) is 5.41 Å². The van der Waals surface area contributed by atoms with Gasteiger partial charge in [0.25, 0.3) is 0 Å². The van der Waals surface area contributed by atoms with Gasteiger partial charge in [0.05, 0.1) is 13.5 Å². The maximum absolute atomic E-state index is 10.8. The Labute approximate surface area is 80.1 Å². The van der Waals surface area contributed by atoms with Crippen LogP contribution in [0.2, 0.25) is 0 Å². The van der Waals surface area contributed by atoms with Gasteiger partial charge in [0, 0.05) is 6.04 Å². The van der Waals surface area contributed by atoms with Gasteiger partial charge in [-0.05, 0) is 5.41 Å². The molecular weight excluding hydrogens is 178 g/mol. The quantitative estimate of drug-likeness (QED) is 0.677. The molecule has 0 aromatic carbocycles. The monoisotopic (exact) mass is 195 g/mol. The zero-order valence-electron chi connectivity index (χ0n) is 8.09. The first kappa shape index (κ1) is 14.3. The van der Waals surface area contributed by atoms with Crippen molar-refractivity contribution in [2.45, 2.75) is 33.2 Å². The van der Waals surface area contributed by atoms with E-state index in [1.165, 1.54) is 7.11 Å². The molecule has 0 saturated heterocycles. The van der Waals surface area contributed by atoms with Crippen molar-refractivity contribution in [2.75, 3.05) is 7.11 Å². The first-order valence-corrected chi connectivity index (χ1v) is 3.70. The highest BCUT2D eigenvalue weighted by molar-refractivity contribution is 5.85. The predicted molar refractivity (Wildman–Crippen MR) is 51.3 cm³/mol. The van der Waals surface area contributed by atoms with E-state index in [-0.39, 0.29) is 29.8 Å². The van der Waals surface area contributed by atoms with Crippen molar-refractivity contribution in [3.63, 3.8) is 0 Å². The van der Waals surface area contributed by atoms with Crippen molar-refractivity contribution in [2.24, 2.45) is 11.1 Å². The lowest BCUT2D eigenvalue weighted by atomic mass is 9.85. The molecule has 0 heterocycles. The summed E-state index contributed by atoms with van der Waals surface area (Å²) in [7, 11) is 1.37. The van der Waals surface area contributed by atoms with Crippen LogP contribution in [0.3, 0.4) is 0 Å². The van der Waals surface area contributed by atoms with Gasteiger partial charge < -0.3 is 10.5 Å². The molecule has 0 aromatic heterocycles. The number of esters is 1. The molecule has 0 amide bonds. The number of hydrogen-bond donors (Lipinski definition) is 1. The minimum Gasteiger partial charge on any atom is -0.469 e. The lowest BCUT2D eigenvalue weighted by Gasteiger charge is -2.25. The third-order valence-electron chi connectivity index (χ3n) is 1.73. The minimum absolute atomic E-state index is 0. The minimum atomic E-state index is -0.243. The van der Waals surface area contributed by atoms with Gasteiger partial charge in [0.1, 0.15) is 0 Å². The number of hydrogen-bond acceptors (Lipinski definition) is 3. The van der Waals surface area contributed by atoms with Crippen LogP contribution in [0.5, 0.6) is 0 Å². The van der Waals surface area contributed by atoms with Gasteiger partial charge in [-0.25, -0.2) is 0 Å². The normalized spacial score (nSPS) is 13.1. The summed E-state index contributed by atoms with van der Waals surface area (Å²) >= 11 is 0. The largest absolute Gasteiger partial charge is 0.469 e. The molecule has 0 bridgehead atoms. The summed E-state index contributed by atoms with van der Waals surface area (Å²) < 4.78 is 4.50. The lowest BCUT2D eigenvalue weighted by Crippen LogP contribution is -2.37. The zero-order valence-corrected chi connectivity index (χ0v) is 8.90. The maximum atomic E-state index is 10.8. The SMILES string of the molecule is COC(=O)C[C@H](N)C(C)(C)C.Cl. The number of carbonyl (C=O) groups is 1. The van der Waals surface area contributed by atoms with Crippen molar-refractivity contribution in [1.82, 2.24) is 0 Å². The predicted octanol–water partition coefficient (Wildman–Crippen LogP) is 1.34. The summed E-state index contributed by atoms with van der Waals surface area (Å²) in [5.74, 6) is -0.243. The summed E-state index contributed by atoms with van der Waals surface area (Å²) in [5.41, 5.74) is 5.69. The van der Waals surface area contributed by atoms with Crippen LogP contribution in [-0.4, -0.2) is 19.1 Å². The van der Waals surface area contributed by atoms with E-state index in [1.807, 2.05) is 20.8 Å². The molecule has 0 fully saturated rings. The van der Waals surface area contributed by atoms with Crippen LogP contribution in [0.25, 0.3) is 0 Å². The Bertz CT molecular complexity index is 142. The molecule has 0 saturated carbocycles. The average molecular weight is 196 g/mol. The summed E-state index contributed by atoms with van der Waals surface area (Å²) in [6, 6.07) is -0.130. The topological polar surface area (TPSA) is 52.3 Å². The van der Waals surface area contributed by atoms with E-state index in [1.54, 1.807) is 0 Å². The van der Waals surface area contributed by atoms with Crippen molar-refractivity contribution in [3.05, 3.63) is 0 Å². The molecule has 2 N–H and O–H groups in total. The number of methoxy groups -OCH3 is 1. The Morgan fingerprint density at radius 3 is 2.17 bits per heavy atom. The second-order valence-corrected chi connectivity index (χ2v) is 3.75. The van der Waals surface area contributed by atoms with Crippen LogP contribution < -0.4 is 5.73 Å². The van der Waals surface area contributed by atoms with Crippen molar-refractivity contribution in [1.29, 1.82) is 0 Å². The van der Waals surface area contributed by atoms with Crippen molar-refractivity contribution in [3.8, 4) is 0 Å². The fourth-order valence-corrected chi connectivity index (χ4v) is 0.569. The van der Waals surface area contributed by atoms with E-state index >= 15 is 0 Å². The number of ether oxygens (including phenoxy) is 1. The molecule has 1 atom stereocenters. The van der Waals surface area contributed by atoms with Crippen LogP contribution >= 0.6 is 12.4 Å². The van der Waals surface area contributed by atoms with E-state index < -0.39 is 0 Å². The second kappa shape index (κ2) is 5.38. The molecule has 0 spiro atoms. The highest BCUT2D eigenvalue weighted by Gasteiger charge is 2.23. The highest BCUT2D eigenvalue weighted by Crippen LogP contribution is 2.19. The van der Waals surface area contributed by atoms with Crippen LogP contribution in [-0.2, 0) is 9.53 Å². The van der Waals surface area contributed by atoms with Crippen LogP contribution in [0.1, 0.15) is 27.2 Å². The van der Waals surface area contributed by atoms with E-state index in [9.17, 15) is 4.79 Å². The summed E-state index contributed by atoms with van der Waals surface area (Å²) in [6.07, 6.45) is 0.292. The number of carbonyl (C=O) groups excluding carboxylic acids is 1. The van der Waals surface area contributed by atoms with Gasteiger partial charge in [-0.3, -0.25) is 4.79 Å². The summed E-state index contributed by atoms with van der Waals surface area (Å²) in [6.45, 7) is 6.00. The third kappa shape index (κ3) is 5.38. The van der Waals surface area contributed by atoms with E-state index in [0.29, 0.717) is 6.42 Å². The van der Waals surface area contributed by atoms with E-state index in [4.69, 9.17) is 5.73 Å². The van der Waals surface area contributed by atoms with Gasteiger partial charge in [0.15, 0.2) is 0 Å². The Morgan fingerprint density at radius 2 is 1.92 bits per heavy atom. The van der Waals surface area contributed by atoms with Gasteiger partial charge >= 0.3 is 5.97 Å². The van der Waals surface area contributed by atoms with Gasteiger partial charge in [-0.2, -0.15) is 0 Å². The average Bonchev–Trinajstić information content (AvgIpc) is 1.85. The first-order valence-electron chi connectivity index (χ1n) is 3.70. The fourth-order valence-electron chi connectivity index (χ4n) is 0.569. The standard InChI is InChI=1S/C8H17NO2.ClH/c1-8(2,3)6(9)5-7(10)11-4;/h6H,5,9H2,1-4H3;1H/t6-;/m0./s1. The third-order valence-corrected chi connectivity index (χ3v) is 1.73. The van der Waals surface area contributed by atoms with E-state index in [0.717, 1.165) is 0 Å². The van der Waals surface area contributed by atoms with Crippen molar-refractivity contribution >= 4 is 18.4 Å². The number of nitrogens with two attached hydrogens (primary N) is 1. The summed E-state index contributed by atoms with van der Waals surface area (Å²) in [4.78, 5) is 10.8. The van der Waals surface area contributed by atoms with Gasteiger partial charge in [0.2, 0.25) is 0 Å². The molecule has 0 aromatic rings. The Hall–Kier alpha value is -0.280. The summed E-state index contributed by atoms with van der Waals surface area (Å²) in [5, 5.41) is 0. The Balaban J connectivity index is 0.